The molecule has 1 fully saturated rings. The molecule has 2 aromatic rings. The first kappa shape index (κ1) is 19.7. The SMILES string of the molecule is Cc1ccc(CN2c3ccc(F)cc3OC[C@H]2CC(=O)NC2CCCCC2)cc1. The van der Waals surface area contributed by atoms with Crippen LogP contribution in [-0.4, -0.2) is 24.6 Å². The monoisotopic (exact) mass is 396 g/mol. The summed E-state index contributed by atoms with van der Waals surface area (Å²) in [5.41, 5.74) is 3.21. The first-order chi connectivity index (χ1) is 14.1. The van der Waals surface area contributed by atoms with Gasteiger partial charge in [-0.15, -0.1) is 0 Å². The smallest absolute Gasteiger partial charge is 0.222 e. The Kier molecular flexibility index (Phi) is 6.02. The van der Waals surface area contributed by atoms with Crippen LogP contribution in [0.3, 0.4) is 0 Å². The molecule has 0 saturated heterocycles. The molecule has 1 amide bonds. The van der Waals surface area contributed by atoms with Crippen LogP contribution in [0.5, 0.6) is 5.75 Å². The summed E-state index contributed by atoms with van der Waals surface area (Å²) < 4.78 is 19.5. The Morgan fingerprint density at radius 3 is 2.66 bits per heavy atom. The average Bonchev–Trinajstić information content (AvgIpc) is 2.72. The Morgan fingerprint density at radius 2 is 1.90 bits per heavy atom. The number of aryl methyl sites for hydroxylation is 1. The summed E-state index contributed by atoms with van der Waals surface area (Å²) in [6, 6.07) is 13.2. The maximum atomic E-state index is 13.7. The van der Waals surface area contributed by atoms with Crippen LogP contribution in [0.15, 0.2) is 42.5 Å². The number of carbonyl (C=O) groups is 1. The van der Waals surface area contributed by atoms with Crippen molar-refractivity contribution in [3.63, 3.8) is 0 Å². The second-order valence-corrected chi connectivity index (χ2v) is 8.30. The van der Waals surface area contributed by atoms with Crippen molar-refractivity contribution in [2.75, 3.05) is 11.5 Å². The minimum Gasteiger partial charge on any atom is -0.489 e. The van der Waals surface area contributed by atoms with E-state index in [0.717, 1.165) is 24.1 Å². The number of benzene rings is 2. The van der Waals surface area contributed by atoms with Gasteiger partial charge in [0.1, 0.15) is 18.2 Å². The van der Waals surface area contributed by atoms with Crippen molar-refractivity contribution >= 4 is 11.6 Å². The van der Waals surface area contributed by atoms with E-state index in [9.17, 15) is 9.18 Å². The van der Waals surface area contributed by atoms with Crippen LogP contribution in [0.1, 0.15) is 49.7 Å². The molecular weight excluding hydrogens is 367 g/mol. The lowest BCUT2D eigenvalue weighted by atomic mass is 9.95. The third kappa shape index (κ3) is 4.89. The molecule has 0 bridgehead atoms. The van der Waals surface area contributed by atoms with Crippen molar-refractivity contribution in [3.8, 4) is 5.75 Å². The van der Waals surface area contributed by atoms with E-state index in [2.05, 4.69) is 41.4 Å². The van der Waals surface area contributed by atoms with E-state index < -0.39 is 0 Å². The number of amides is 1. The van der Waals surface area contributed by atoms with Gasteiger partial charge in [-0.1, -0.05) is 49.1 Å². The van der Waals surface area contributed by atoms with Crippen molar-refractivity contribution in [3.05, 3.63) is 59.4 Å². The molecule has 4 rings (SSSR count). The lowest BCUT2D eigenvalue weighted by Crippen LogP contribution is -2.47. The van der Waals surface area contributed by atoms with Gasteiger partial charge in [0.15, 0.2) is 0 Å². The van der Waals surface area contributed by atoms with Gasteiger partial charge in [0.25, 0.3) is 0 Å². The minimum absolute atomic E-state index is 0.0740. The van der Waals surface area contributed by atoms with Gasteiger partial charge in [-0.05, 0) is 37.5 Å². The zero-order valence-electron chi connectivity index (χ0n) is 17.0. The number of anilines is 1. The lowest BCUT2D eigenvalue weighted by molar-refractivity contribution is -0.122. The largest absolute Gasteiger partial charge is 0.489 e. The number of nitrogens with zero attached hydrogens (tertiary/aromatic N) is 1. The molecule has 29 heavy (non-hydrogen) atoms. The molecular formula is C24H29FN2O2. The van der Waals surface area contributed by atoms with Crippen LogP contribution >= 0.6 is 0 Å². The van der Waals surface area contributed by atoms with Gasteiger partial charge in [0, 0.05) is 18.7 Å². The molecule has 1 N–H and O–H groups in total. The fourth-order valence-corrected chi connectivity index (χ4v) is 4.33. The lowest BCUT2D eigenvalue weighted by Gasteiger charge is -2.39. The van der Waals surface area contributed by atoms with E-state index in [4.69, 9.17) is 4.74 Å². The number of nitrogens with one attached hydrogen (secondary N) is 1. The van der Waals surface area contributed by atoms with Crippen molar-refractivity contribution in [2.24, 2.45) is 0 Å². The van der Waals surface area contributed by atoms with Gasteiger partial charge >= 0.3 is 0 Å². The fourth-order valence-electron chi connectivity index (χ4n) is 4.33. The Bertz CT molecular complexity index is 846. The summed E-state index contributed by atoms with van der Waals surface area (Å²) in [6.45, 7) is 3.10. The van der Waals surface area contributed by atoms with Crippen LogP contribution in [0.4, 0.5) is 10.1 Å². The fraction of sp³-hybridized carbons (Fsp3) is 0.458. The van der Waals surface area contributed by atoms with E-state index in [-0.39, 0.29) is 17.8 Å². The van der Waals surface area contributed by atoms with Crippen LogP contribution < -0.4 is 15.0 Å². The highest BCUT2D eigenvalue weighted by atomic mass is 19.1. The van der Waals surface area contributed by atoms with E-state index in [1.54, 1.807) is 6.07 Å². The van der Waals surface area contributed by atoms with Crippen molar-refractivity contribution in [1.29, 1.82) is 0 Å². The van der Waals surface area contributed by atoms with E-state index in [1.165, 1.54) is 37.0 Å². The zero-order chi connectivity index (χ0) is 20.2. The minimum atomic E-state index is -0.312. The molecule has 0 unspecified atom stereocenters. The maximum Gasteiger partial charge on any atom is 0.222 e. The molecule has 2 aliphatic rings. The number of halogens is 1. The standard InChI is InChI=1S/C24H29FN2O2/c1-17-7-9-18(10-8-17)15-27-21(14-24(28)26-20-5-3-2-4-6-20)16-29-23-13-19(25)11-12-22(23)27/h7-13,20-21H,2-6,14-16H2,1H3,(H,26,28)/t21-/m1/s1. The van der Waals surface area contributed by atoms with Gasteiger partial charge in [-0.2, -0.15) is 0 Å². The van der Waals surface area contributed by atoms with Gasteiger partial charge in [0.2, 0.25) is 5.91 Å². The summed E-state index contributed by atoms with van der Waals surface area (Å²) in [6.07, 6.45) is 6.16. The van der Waals surface area contributed by atoms with Crippen molar-refractivity contribution < 1.29 is 13.9 Å². The van der Waals surface area contributed by atoms with Gasteiger partial charge in [-0.25, -0.2) is 4.39 Å². The molecule has 1 saturated carbocycles. The molecule has 1 atom stereocenters. The molecule has 154 valence electrons. The zero-order valence-corrected chi connectivity index (χ0v) is 17.0. The molecule has 2 aromatic carbocycles. The predicted molar refractivity (Wildman–Crippen MR) is 113 cm³/mol. The van der Waals surface area contributed by atoms with Gasteiger partial charge in [-0.3, -0.25) is 4.79 Å². The summed E-state index contributed by atoms with van der Waals surface area (Å²) in [7, 11) is 0. The Morgan fingerprint density at radius 1 is 1.14 bits per heavy atom. The molecule has 0 spiro atoms. The molecule has 5 heteroatoms. The highest BCUT2D eigenvalue weighted by Gasteiger charge is 2.30. The molecule has 1 aliphatic carbocycles. The number of ether oxygens (including phenoxy) is 1. The number of fused-ring (bicyclic) bond motifs is 1. The van der Waals surface area contributed by atoms with Crippen molar-refractivity contribution in [1.82, 2.24) is 5.32 Å². The van der Waals surface area contributed by atoms with Gasteiger partial charge < -0.3 is 15.0 Å². The molecule has 0 aromatic heterocycles. The highest BCUT2D eigenvalue weighted by molar-refractivity contribution is 5.78. The Labute approximate surface area is 172 Å². The van der Waals surface area contributed by atoms with E-state index in [0.29, 0.717) is 31.4 Å². The maximum absolute atomic E-state index is 13.7. The van der Waals surface area contributed by atoms with Gasteiger partial charge in [0.05, 0.1) is 18.2 Å². The average molecular weight is 397 g/mol. The summed E-state index contributed by atoms with van der Waals surface area (Å²) in [5, 5.41) is 3.21. The van der Waals surface area contributed by atoms with Crippen molar-refractivity contribution in [2.45, 2.75) is 64.1 Å². The summed E-state index contributed by atoms with van der Waals surface area (Å²) >= 11 is 0. The molecule has 4 nitrogen and oxygen atoms in total. The van der Waals surface area contributed by atoms with Crippen LogP contribution in [0.25, 0.3) is 0 Å². The normalized spacial score (nSPS) is 19.4. The molecule has 1 aliphatic heterocycles. The van der Waals surface area contributed by atoms with Crippen LogP contribution in [0, 0.1) is 12.7 Å². The first-order valence-corrected chi connectivity index (χ1v) is 10.6. The van der Waals surface area contributed by atoms with Crippen LogP contribution in [-0.2, 0) is 11.3 Å². The quantitative estimate of drug-likeness (QED) is 0.794. The topological polar surface area (TPSA) is 41.6 Å². The Hall–Kier alpha value is -2.56. The Balaban J connectivity index is 1.51. The third-order valence-corrected chi connectivity index (χ3v) is 5.97. The van der Waals surface area contributed by atoms with E-state index in [1.807, 2.05) is 0 Å². The molecule has 0 radical (unpaired) electrons. The van der Waals surface area contributed by atoms with Crippen LogP contribution in [0.2, 0.25) is 0 Å². The summed E-state index contributed by atoms with van der Waals surface area (Å²) in [4.78, 5) is 14.9. The summed E-state index contributed by atoms with van der Waals surface area (Å²) in [5.74, 6) is 0.304. The number of carbonyl (C=O) groups excluding carboxylic acids is 1. The van der Waals surface area contributed by atoms with E-state index >= 15 is 0 Å². The predicted octanol–water partition coefficient (Wildman–Crippen LogP) is 4.74. The first-order valence-electron chi connectivity index (χ1n) is 10.6. The number of rotatable bonds is 5. The second-order valence-electron chi connectivity index (χ2n) is 8.30. The molecule has 1 heterocycles. The third-order valence-electron chi connectivity index (χ3n) is 5.97. The highest BCUT2D eigenvalue weighted by Crippen LogP contribution is 2.36. The second kappa shape index (κ2) is 8.85. The number of hydrogen-bond acceptors (Lipinski definition) is 3. The number of hydrogen-bond donors (Lipinski definition) is 1.